The highest BCUT2D eigenvalue weighted by atomic mass is 16.5. The Kier molecular flexibility index (Phi) is 5.07. The maximum Gasteiger partial charge on any atom is 0.126 e. The van der Waals surface area contributed by atoms with Gasteiger partial charge < -0.3 is 14.3 Å². The normalized spacial score (nSPS) is 36.1. The molecular weight excluding hydrogens is 262 g/mol. The number of rotatable bonds is 7. The summed E-state index contributed by atoms with van der Waals surface area (Å²) in [6.45, 7) is 15.0. The van der Waals surface area contributed by atoms with Gasteiger partial charge in [-0.3, -0.25) is 0 Å². The van der Waals surface area contributed by atoms with Gasteiger partial charge in [0, 0.05) is 0 Å². The van der Waals surface area contributed by atoms with Gasteiger partial charge in [0.15, 0.2) is 0 Å². The number of ether oxygens (including phenoxy) is 1. The van der Waals surface area contributed by atoms with Crippen molar-refractivity contribution in [1.29, 1.82) is 0 Å². The van der Waals surface area contributed by atoms with Gasteiger partial charge in [-0.15, -0.1) is 0 Å². The fourth-order valence-corrected chi connectivity index (χ4v) is 5.04. The van der Waals surface area contributed by atoms with Crippen LogP contribution in [0.2, 0.25) is 0 Å². The first-order chi connectivity index (χ1) is 9.75. The molecule has 0 aromatic carbocycles. The molecule has 2 bridgehead atoms. The van der Waals surface area contributed by atoms with Crippen LogP contribution in [0.1, 0.15) is 47.5 Å². The summed E-state index contributed by atoms with van der Waals surface area (Å²) in [4.78, 5) is 0. The SMILES string of the molecule is CC[N+](C)(CC)C[C@H](O)CO[C@@H]1[C@@H](C)[C@H]2CC[C@H]1C2(C)C. The van der Waals surface area contributed by atoms with Crippen LogP contribution < -0.4 is 0 Å². The molecule has 0 unspecified atom stereocenters. The number of likely N-dealkylation sites (N-methyl/N-ethyl adjacent to an activating group) is 1. The summed E-state index contributed by atoms with van der Waals surface area (Å²) < 4.78 is 7.14. The molecule has 3 nitrogen and oxygen atoms in total. The molecule has 2 saturated carbocycles. The Hall–Kier alpha value is -0.120. The first-order valence-corrected chi connectivity index (χ1v) is 8.88. The summed E-state index contributed by atoms with van der Waals surface area (Å²) in [5.41, 5.74) is 0.423. The van der Waals surface area contributed by atoms with Crippen LogP contribution in [-0.4, -0.2) is 55.1 Å². The predicted molar refractivity (Wildman–Crippen MR) is 87.0 cm³/mol. The summed E-state index contributed by atoms with van der Waals surface area (Å²) >= 11 is 0. The van der Waals surface area contributed by atoms with Gasteiger partial charge >= 0.3 is 0 Å². The van der Waals surface area contributed by atoms with E-state index in [0.717, 1.165) is 30.0 Å². The maximum absolute atomic E-state index is 10.4. The zero-order valence-corrected chi connectivity index (χ0v) is 14.9. The molecule has 0 saturated heterocycles. The van der Waals surface area contributed by atoms with Gasteiger partial charge in [0.25, 0.3) is 0 Å². The lowest BCUT2D eigenvalue weighted by atomic mass is 9.80. The molecule has 0 spiro atoms. The second kappa shape index (κ2) is 6.17. The van der Waals surface area contributed by atoms with E-state index in [0.29, 0.717) is 30.0 Å². The zero-order valence-electron chi connectivity index (χ0n) is 14.9. The molecule has 2 rings (SSSR count). The highest BCUT2D eigenvalue weighted by Gasteiger charge is 2.57. The number of aliphatic hydroxyl groups excluding tert-OH is 1. The smallest absolute Gasteiger partial charge is 0.126 e. The van der Waals surface area contributed by atoms with Crippen molar-refractivity contribution < 1.29 is 14.3 Å². The lowest BCUT2D eigenvalue weighted by Crippen LogP contribution is -2.50. The van der Waals surface area contributed by atoms with E-state index in [1.54, 1.807) is 0 Å². The Morgan fingerprint density at radius 3 is 2.24 bits per heavy atom. The van der Waals surface area contributed by atoms with Gasteiger partial charge in [-0.1, -0.05) is 20.8 Å². The number of nitrogens with zero attached hydrogens (tertiary/aromatic N) is 1. The molecule has 0 amide bonds. The number of quaternary nitrogens is 1. The molecule has 5 atom stereocenters. The molecule has 21 heavy (non-hydrogen) atoms. The Balaban J connectivity index is 1.87. The van der Waals surface area contributed by atoms with E-state index < -0.39 is 0 Å². The van der Waals surface area contributed by atoms with Crippen LogP contribution in [-0.2, 0) is 4.74 Å². The molecule has 0 aromatic rings. The van der Waals surface area contributed by atoms with Gasteiger partial charge in [0.05, 0.1) is 32.8 Å². The monoisotopic (exact) mass is 298 g/mol. The molecule has 1 N–H and O–H groups in total. The van der Waals surface area contributed by atoms with Crippen molar-refractivity contribution in [3.63, 3.8) is 0 Å². The first kappa shape index (κ1) is 17.2. The number of hydrogen-bond acceptors (Lipinski definition) is 2. The number of aliphatic hydroxyl groups is 1. The van der Waals surface area contributed by atoms with Crippen LogP contribution >= 0.6 is 0 Å². The molecule has 0 radical (unpaired) electrons. The summed E-state index contributed by atoms with van der Waals surface area (Å²) in [6, 6.07) is 0. The van der Waals surface area contributed by atoms with Crippen LogP contribution in [0, 0.1) is 23.2 Å². The summed E-state index contributed by atoms with van der Waals surface area (Å²) in [6.07, 6.45) is 2.68. The highest BCUT2D eigenvalue weighted by Crippen LogP contribution is 2.60. The molecule has 2 aliphatic rings. The molecule has 2 aliphatic carbocycles. The topological polar surface area (TPSA) is 29.5 Å². The van der Waals surface area contributed by atoms with Gasteiger partial charge in [-0.25, -0.2) is 0 Å². The van der Waals surface area contributed by atoms with E-state index in [-0.39, 0.29) is 6.10 Å². The van der Waals surface area contributed by atoms with E-state index in [9.17, 15) is 5.11 Å². The van der Waals surface area contributed by atoms with E-state index in [2.05, 4.69) is 41.7 Å². The number of fused-ring (bicyclic) bond motifs is 2. The third-order valence-corrected chi connectivity index (χ3v) is 6.91. The van der Waals surface area contributed by atoms with Gasteiger partial charge in [-0.05, 0) is 49.9 Å². The van der Waals surface area contributed by atoms with Crippen LogP contribution in [0.15, 0.2) is 0 Å². The van der Waals surface area contributed by atoms with Crippen LogP contribution in [0.3, 0.4) is 0 Å². The van der Waals surface area contributed by atoms with Gasteiger partial charge in [0.1, 0.15) is 12.6 Å². The average Bonchev–Trinajstić information content (AvgIpc) is 2.83. The minimum atomic E-state index is -0.343. The van der Waals surface area contributed by atoms with E-state index >= 15 is 0 Å². The number of hydrogen-bond donors (Lipinski definition) is 1. The maximum atomic E-state index is 10.4. The molecular formula is C18H36NO2+. The van der Waals surface area contributed by atoms with Crippen molar-refractivity contribution in [2.24, 2.45) is 23.2 Å². The van der Waals surface area contributed by atoms with Crippen molar-refractivity contribution in [2.45, 2.75) is 59.7 Å². The Labute approximate surface area is 131 Å². The fourth-order valence-electron chi connectivity index (χ4n) is 5.04. The van der Waals surface area contributed by atoms with Crippen LogP contribution in [0.5, 0.6) is 0 Å². The predicted octanol–water partition coefficient (Wildman–Crippen LogP) is 2.92. The minimum absolute atomic E-state index is 0.343. The Bertz CT molecular complexity index is 351. The fraction of sp³-hybridized carbons (Fsp3) is 1.00. The highest BCUT2D eigenvalue weighted by molar-refractivity contribution is 5.06. The first-order valence-electron chi connectivity index (χ1n) is 8.88. The summed E-state index contributed by atoms with van der Waals surface area (Å²) in [5.74, 6) is 2.13. The second-order valence-corrected chi connectivity index (χ2v) is 8.36. The lowest BCUT2D eigenvalue weighted by molar-refractivity contribution is -0.909. The minimum Gasteiger partial charge on any atom is -0.385 e. The van der Waals surface area contributed by atoms with Gasteiger partial charge in [0.2, 0.25) is 0 Å². The lowest BCUT2D eigenvalue weighted by Gasteiger charge is -2.35. The van der Waals surface area contributed by atoms with E-state index in [1.807, 2.05) is 0 Å². The van der Waals surface area contributed by atoms with Crippen LogP contribution in [0.25, 0.3) is 0 Å². The largest absolute Gasteiger partial charge is 0.385 e. The van der Waals surface area contributed by atoms with Crippen molar-refractivity contribution in [3.05, 3.63) is 0 Å². The quantitative estimate of drug-likeness (QED) is 0.732. The Morgan fingerprint density at radius 2 is 1.76 bits per heavy atom. The second-order valence-electron chi connectivity index (χ2n) is 8.36. The van der Waals surface area contributed by atoms with E-state index in [4.69, 9.17) is 4.74 Å². The molecule has 3 heteroatoms. The third-order valence-electron chi connectivity index (χ3n) is 6.91. The van der Waals surface area contributed by atoms with Crippen LogP contribution in [0.4, 0.5) is 0 Å². The summed E-state index contributed by atoms with van der Waals surface area (Å²) in [5, 5.41) is 10.4. The van der Waals surface area contributed by atoms with Crippen molar-refractivity contribution in [3.8, 4) is 0 Å². The Morgan fingerprint density at radius 1 is 1.19 bits per heavy atom. The molecule has 0 heterocycles. The average molecular weight is 298 g/mol. The summed E-state index contributed by atoms with van der Waals surface area (Å²) in [7, 11) is 2.21. The zero-order chi connectivity index (χ0) is 15.8. The van der Waals surface area contributed by atoms with E-state index in [1.165, 1.54) is 12.8 Å². The standard InChI is InChI=1S/C18H36NO2/c1-7-19(6,8-2)11-14(20)12-21-17-13(3)15-9-10-16(17)18(15,4)5/h13-17,20H,7-12H2,1-6H3/q+1/t13-,14-,15+,16+,17+/m0/s1. The molecule has 0 aromatic heterocycles. The van der Waals surface area contributed by atoms with Crippen molar-refractivity contribution in [2.75, 3.05) is 33.3 Å². The van der Waals surface area contributed by atoms with Gasteiger partial charge in [-0.2, -0.15) is 0 Å². The van der Waals surface area contributed by atoms with Crippen molar-refractivity contribution >= 4 is 0 Å². The third kappa shape index (κ3) is 3.16. The molecule has 124 valence electrons. The molecule has 2 fully saturated rings. The molecule has 0 aliphatic heterocycles. The van der Waals surface area contributed by atoms with Crippen molar-refractivity contribution in [1.82, 2.24) is 0 Å².